The fourth-order valence-electron chi connectivity index (χ4n) is 2.26. The minimum Gasteiger partial charge on any atom is -0.480 e. The van der Waals surface area contributed by atoms with Crippen LogP contribution < -0.4 is 0 Å². The highest BCUT2D eigenvalue weighted by molar-refractivity contribution is 6.30. The number of benzene rings is 1. The zero-order valence-corrected chi connectivity index (χ0v) is 10.2. The number of hydrogen-bond acceptors (Lipinski definition) is 2. The molecular formula is C13H15ClO3. The number of carboxylic acids is 1. The summed E-state index contributed by atoms with van der Waals surface area (Å²) in [5, 5.41) is 9.28. The molecule has 0 unspecified atom stereocenters. The Hall–Kier alpha value is -1.06. The van der Waals surface area contributed by atoms with Gasteiger partial charge >= 0.3 is 5.97 Å². The fraction of sp³-hybridized carbons (Fsp3) is 0.462. The van der Waals surface area contributed by atoms with Gasteiger partial charge in [-0.25, -0.2) is 4.79 Å². The van der Waals surface area contributed by atoms with E-state index in [0.717, 1.165) is 17.9 Å². The van der Waals surface area contributed by atoms with E-state index in [9.17, 15) is 4.79 Å². The third-order valence-corrected chi connectivity index (χ3v) is 3.62. The van der Waals surface area contributed by atoms with Crippen molar-refractivity contribution in [2.45, 2.75) is 24.7 Å². The zero-order chi connectivity index (χ0) is 12.3. The van der Waals surface area contributed by atoms with Crippen LogP contribution in [0.3, 0.4) is 0 Å². The molecule has 0 amide bonds. The van der Waals surface area contributed by atoms with Crippen LogP contribution in [-0.4, -0.2) is 24.3 Å². The predicted octanol–water partition coefficient (Wildman–Crippen LogP) is 2.86. The van der Waals surface area contributed by atoms with Crippen LogP contribution in [0.4, 0.5) is 0 Å². The van der Waals surface area contributed by atoms with Gasteiger partial charge in [0.15, 0.2) is 0 Å². The molecule has 0 aromatic heterocycles. The quantitative estimate of drug-likeness (QED) is 0.879. The highest BCUT2D eigenvalue weighted by Gasteiger charge is 2.38. The van der Waals surface area contributed by atoms with Crippen molar-refractivity contribution >= 4 is 17.6 Å². The fourth-order valence-corrected chi connectivity index (χ4v) is 2.38. The third-order valence-electron chi connectivity index (χ3n) is 3.37. The monoisotopic (exact) mass is 254 g/mol. The van der Waals surface area contributed by atoms with Gasteiger partial charge in [-0.3, -0.25) is 0 Å². The molecule has 3 nitrogen and oxygen atoms in total. The molecular weight excluding hydrogens is 240 g/mol. The van der Waals surface area contributed by atoms with Crippen LogP contribution in [0.25, 0.3) is 0 Å². The van der Waals surface area contributed by atoms with Gasteiger partial charge in [-0.05, 0) is 30.5 Å². The summed E-state index contributed by atoms with van der Waals surface area (Å²) >= 11 is 5.86. The molecule has 1 aliphatic rings. The number of hydrogen-bond donors (Lipinski definition) is 1. The van der Waals surface area contributed by atoms with Gasteiger partial charge in [-0.2, -0.15) is 0 Å². The molecule has 0 saturated heterocycles. The molecule has 2 rings (SSSR count). The maximum absolute atomic E-state index is 10.4. The van der Waals surface area contributed by atoms with E-state index in [1.165, 1.54) is 12.0 Å². The molecule has 1 aromatic rings. The molecule has 1 aromatic carbocycles. The average Bonchev–Trinajstić information content (AvgIpc) is 2.23. The Morgan fingerprint density at radius 1 is 1.35 bits per heavy atom. The largest absolute Gasteiger partial charge is 0.480 e. The van der Waals surface area contributed by atoms with Gasteiger partial charge < -0.3 is 9.84 Å². The van der Waals surface area contributed by atoms with Crippen molar-refractivity contribution in [2.24, 2.45) is 0 Å². The summed E-state index contributed by atoms with van der Waals surface area (Å²) in [5.74, 6) is -0.921. The maximum Gasteiger partial charge on any atom is 0.329 e. The highest BCUT2D eigenvalue weighted by atomic mass is 35.5. The minimum absolute atomic E-state index is 0.0000386. The van der Waals surface area contributed by atoms with E-state index in [-0.39, 0.29) is 12.0 Å². The van der Waals surface area contributed by atoms with Gasteiger partial charge in [0.2, 0.25) is 0 Å². The van der Waals surface area contributed by atoms with Crippen LogP contribution >= 0.6 is 11.6 Å². The lowest BCUT2D eigenvalue weighted by molar-refractivity contribution is -0.143. The Labute approximate surface area is 105 Å². The second kappa shape index (κ2) is 5.07. The first-order valence-corrected chi connectivity index (χ1v) is 6.06. The molecule has 92 valence electrons. The lowest BCUT2D eigenvalue weighted by Gasteiger charge is -2.42. The van der Waals surface area contributed by atoms with Crippen LogP contribution in [0.5, 0.6) is 0 Å². The van der Waals surface area contributed by atoms with Crippen molar-refractivity contribution in [1.29, 1.82) is 0 Å². The first-order chi connectivity index (χ1) is 8.12. The molecule has 1 aliphatic carbocycles. The second-order valence-electron chi connectivity index (χ2n) is 4.53. The number of rotatable bonds is 5. The average molecular weight is 255 g/mol. The molecule has 4 heteroatoms. The number of ether oxygens (including phenoxy) is 1. The van der Waals surface area contributed by atoms with Crippen LogP contribution in [0, 0.1) is 0 Å². The first-order valence-electron chi connectivity index (χ1n) is 5.68. The van der Waals surface area contributed by atoms with Gasteiger partial charge in [0.25, 0.3) is 0 Å². The molecule has 0 aliphatic heterocycles. The van der Waals surface area contributed by atoms with Crippen LogP contribution in [0.2, 0.25) is 5.02 Å². The lowest BCUT2D eigenvalue weighted by atomic mass is 9.65. The summed E-state index contributed by atoms with van der Waals surface area (Å²) in [6, 6.07) is 7.75. The van der Waals surface area contributed by atoms with Crippen LogP contribution in [0.1, 0.15) is 24.8 Å². The van der Waals surface area contributed by atoms with E-state index in [4.69, 9.17) is 21.4 Å². The molecule has 17 heavy (non-hydrogen) atoms. The summed E-state index contributed by atoms with van der Waals surface area (Å²) in [6.07, 6.45) is 3.27. The Balaban J connectivity index is 2.03. The summed E-state index contributed by atoms with van der Waals surface area (Å²) in [6.45, 7) is 0.246. The summed E-state index contributed by atoms with van der Waals surface area (Å²) in [7, 11) is 0. The Kier molecular flexibility index (Phi) is 3.69. The van der Waals surface area contributed by atoms with E-state index in [0.29, 0.717) is 6.61 Å². The van der Waals surface area contributed by atoms with Crippen LogP contribution in [0.15, 0.2) is 24.3 Å². The lowest BCUT2D eigenvalue weighted by Crippen LogP contribution is -2.39. The molecule has 0 atom stereocenters. The van der Waals surface area contributed by atoms with Crippen molar-refractivity contribution < 1.29 is 14.6 Å². The van der Waals surface area contributed by atoms with Crippen LogP contribution in [-0.2, 0) is 14.9 Å². The summed E-state index contributed by atoms with van der Waals surface area (Å²) in [5.41, 5.74) is 1.19. The minimum atomic E-state index is -0.921. The Bertz CT molecular complexity index is 396. The second-order valence-corrected chi connectivity index (χ2v) is 4.96. The highest BCUT2D eigenvalue weighted by Crippen LogP contribution is 2.44. The van der Waals surface area contributed by atoms with Gasteiger partial charge in [0.1, 0.15) is 6.61 Å². The van der Waals surface area contributed by atoms with Gasteiger partial charge in [0, 0.05) is 10.4 Å². The maximum atomic E-state index is 10.4. The van der Waals surface area contributed by atoms with Gasteiger partial charge in [-0.1, -0.05) is 30.2 Å². The standard InChI is InChI=1S/C13H15ClO3/c14-11-4-2-10(3-5-11)13(6-1-7-13)9-17-8-12(15)16/h2-5H,1,6-9H2,(H,15,16). The molecule has 1 fully saturated rings. The normalized spacial score (nSPS) is 17.5. The molecule has 0 heterocycles. The Morgan fingerprint density at radius 2 is 2.00 bits per heavy atom. The third kappa shape index (κ3) is 2.79. The summed E-state index contributed by atoms with van der Waals surface area (Å²) in [4.78, 5) is 10.4. The van der Waals surface area contributed by atoms with Crippen molar-refractivity contribution in [3.05, 3.63) is 34.9 Å². The topological polar surface area (TPSA) is 46.5 Å². The van der Waals surface area contributed by atoms with Crippen molar-refractivity contribution in [2.75, 3.05) is 13.2 Å². The number of halogens is 1. The van der Waals surface area contributed by atoms with Gasteiger partial charge in [0.05, 0.1) is 6.61 Å². The first kappa shape index (κ1) is 12.4. The molecule has 1 N–H and O–H groups in total. The number of carbonyl (C=O) groups is 1. The van der Waals surface area contributed by atoms with E-state index in [2.05, 4.69) is 0 Å². The smallest absolute Gasteiger partial charge is 0.329 e. The predicted molar refractivity (Wildman–Crippen MR) is 65.4 cm³/mol. The van der Waals surface area contributed by atoms with Gasteiger partial charge in [-0.15, -0.1) is 0 Å². The molecule has 0 radical (unpaired) electrons. The van der Waals surface area contributed by atoms with E-state index in [1.54, 1.807) is 0 Å². The number of carboxylic acid groups (broad SMARTS) is 1. The van der Waals surface area contributed by atoms with Crippen molar-refractivity contribution in [1.82, 2.24) is 0 Å². The SMILES string of the molecule is O=C(O)COCC1(c2ccc(Cl)cc2)CCC1. The zero-order valence-electron chi connectivity index (χ0n) is 9.49. The Morgan fingerprint density at radius 3 is 2.47 bits per heavy atom. The molecule has 1 saturated carbocycles. The van der Waals surface area contributed by atoms with Crippen molar-refractivity contribution in [3.8, 4) is 0 Å². The van der Waals surface area contributed by atoms with E-state index in [1.807, 2.05) is 24.3 Å². The van der Waals surface area contributed by atoms with E-state index < -0.39 is 5.97 Å². The molecule has 0 spiro atoms. The molecule has 0 bridgehead atoms. The van der Waals surface area contributed by atoms with Crippen molar-refractivity contribution in [3.63, 3.8) is 0 Å². The number of aliphatic carboxylic acids is 1. The van der Waals surface area contributed by atoms with E-state index >= 15 is 0 Å². The summed E-state index contributed by atoms with van der Waals surface area (Å²) < 4.78 is 5.25.